The van der Waals surface area contributed by atoms with E-state index in [4.69, 9.17) is 4.84 Å². The minimum atomic E-state index is -4.25. The van der Waals surface area contributed by atoms with Crippen molar-refractivity contribution in [2.75, 3.05) is 6.54 Å². The molecule has 12 nitrogen and oxygen atoms in total. The number of amides is 3. The third-order valence-corrected chi connectivity index (χ3v) is 11.2. The molecule has 3 aromatic carbocycles. The van der Waals surface area contributed by atoms with Crippen LogP contribution in [0.15, 0.2) is 82.8 Å². The molecule has 51 heavy (non-hydrogen) atoms. The van der Waals surface area contributed by atoms with Crippen molar-refractivity contribution in [1.82, 2.24) is 20.3 Å². The van der Waals surface area contributed by atoms with E-state index in [2.05, 4.69) is 20.5 Å². The maximum absolute atomic E-state index is 14.7. The molecule has 4 atom stereocenters. The number of ketones is 1. The number of carbonyl (C=O) groups excluding carboxylic acids is 4. The minimum Gasteiger partial charge on any atom is -0.387 e. The molecule has 1 saturated carbocycles. The lowest BCUT2D eigenvalue weighted by Gasteiger charge is -2.35. The fourth-order valence-electron chi connectivity index (χ4n) is 6.79. The molecule has 3 N–H and O–H groups in total. The average molecular weight is 716 g/mol. The molecule has 1 unspecified atom stereocenters. The fraction of sp³-hybridized carbons (Fsp3) is 0.447. The number of nitrogens with one attached hydrogen (secondary N) is 3. The van der Waals surface area contributed by atoms with Gasteiger partial charge in [0.1, 0.15) is 12.1 Å². The summed E-state index contributed by atoms with van der Waals surface area (Å²) in [6.45, 7) is 7.04. The lowest BCUT2D eigenvalue weighted by atomic mass is 9.86. The summed E-state index contributed by atoms with van der Waals surface area (Å²) < 4.78 is 30.8. The Balaban J connectivity index is 1.31. The first kappa shape index (κ1) is 36.2. The zero-order chi connectivity index (χ0) is 36.6. The highest BCUT2D eigenvalue weighted by Crippen LogP contribution is 2.40. The highest BCUT2D eigenvalue weighted by molar-refractivity contribution is 7.89. The molecule has 1 spiro atoms. The third kappa shape index (κ3) is 7.84. The molecule has 0 aromatic heterocycles. The van der Waals surface area contributed by atoms with Gasteiger partial charge in [-0.25, -0.2) is 8.42 Å². The first-order valence-corrected chi connectivity index (χ1v) is 19.0. The van der Waals surface area contributed by atoms with Crippen LogP contribution in [0.1, 0.15) is 71.8 Å². The topological polar surface area (TPSA) is 163 Å². The van der Waals surface area contributed by atoms with Crippen molar-refractivity contribution in [3.05, 3.63) is 78.4 Å². The van der Waals surface area contributed by atoms with E-state index in [-0.39, 0.29) is 30.3 Å². The maximum Gasteiger partial charge on any atom is 0.289 e. The van der Waals surface area contributed by atoms with Crippen LogP contribution in [0.25, 0.3) is 10.8 Å². The monoisotopic (exact) mass is 715 g/mol. The van der Waals surface area contributed by atoms with Gasteiger partial charge in [0.15, 0.2) is 5.60 Å². The standard InChI is InChI=1S/C38H45N5O7S/c1-5-12-28(32(44)35(46)39-26-19-20-26)40-34(45)30-22-38(21-29(41-50-38)25-14-7-6-8-15-25)23-43(30)36(47)33(37(2,3)4)42-51(48,49)31-18-11-16-24-13-9-10-17-27(24)31/h6-11,13-18,26,28,30,33,42H,5,12,19-23H2,1-4H3,(H,39,46)(H,40,45)/t28-,30-,33+,38?/m0/s1. The first-order chi connectivity index (χ1) is 24.2. The summed E-state index contributed by atoms with van der Waals surface area (Å²) >= 11 is 0. The van der Waals surface area contributed by atoms with E-state index in [1.54, 1.807) is 39.0 Å². The number of benzene rings is 3. The molecule has 2 heterocycles. The number of sulfonamides is 1. The van der Waals surface area contributed by atoms with Crippen molar-refractivity contribution in [2.45, 2.75) is 101 Å². The van der Waals surface area contributed by atoms with Crippen molar-refractivity contribution >= 4 is 50.0 Å². The predicted octanol–water partition coefficient (Wildman–Crippen LogP) is 3.83. The zero-order valence-electron chi connectivity index (χ0n) is 29.3. The number of hydrogen-bond acceptors (Lipinski definition) is 8. The lowest BCUT2D eigenvalue weighted by Crippen LogP contribution is -2.59. The Kier molecular flexibility index (Phi) is 10.1. The molecule has 3 aromatic rings. The van der Waals surface area contributed by atoms with E-state index in [1.165, 1.54) is 11.0 Å². The number of Topliss-reactive ketones (excluding diaryl/α,β-unsaturated/α-hetero) is 1. The Morgan fingerprint density at radius 1 is 0.980 bits per heavy atom. The Bertz CT molecular complexity index is 1970. The fourth-order valence-corrected chi connectivity index (χ4v) is 8.42. The molecule has 1 saturated heterocycles. The van der Waals surface area contributed by atoms with E-state index in [0.717, 1.165) is 23.8 Å². The molecule has 1 aliphatic carbocycles. The van der Waals surface area contributed by atoms with Gasteiger partial charge >= 0.3 is 0 Å². The van der Waals surface area contributed by atoms with Crippen LogP contribution in [0.4, 0.5) is 0 Å². The highest BCUT2D eigenvalue weighted by atomic mass is 32.2. The molecule has 6 rings (SSSR count). The maximum atomic E-state index is 14.7. The molecule has 2 fully saturated rings. The van der Waals surface area contributed by atoms with Crippen molar-refractivity contribution in [3.63, 3.8) is 0 Å². The van der Waals surface area contributed by atoms with Crippen molar-refractivity contribution in [2.24, 2.45) is 10.6 Å². The average Bonchev–Trinajstić information content (AvgIpc) is 3.70. The molecule has 3 aliphatic rings. The van der Waals surface area contributed by atoms with Gasteiger partial charge in [-0.15, -0.1) is 0 Å². The van der Waals surface area contributed by atoms with Crippen LogP contribution in [0.2, 0.25) is 0 Å². The SMILES string of the molecule is CCC[C@H](NC(=O)[C@@H]1CC2(CC(c3ccccc3)=NO2)CN1C(=O)[C@@H](NS(=O)(=O)c1cccc2ccccc12)C(C)(C)C)C(=O)C(=O)NC1CC1. The Labute approximate surface area is 298 Å². The number of nitrogens with zero attached hydrogens (tertiary/aromatic N) is 2. The largest absolute Gasteiger partial charge is 0.387 e. The summed E-state index contributed by atoms with van der Waals surface area (Å²) in [6.07, 6.45) is 2.69. The molecule has 2 aliphatic heterocycles. The van der Waals surface area contributed by atoms with Crippen molar-refractivity contribution in [3.8, 4) is 0 Å². The van der Waals surface area contributed by atoms with Gasteiger partial charge in [0.25, 0.3) is 5.91 Å². The number of hydrogen-bond donors (Lipinski definition) is 3. The summed E-state index contributed by atoms with van der Waals surface area (Å²) in [5.41, 5.74) is -0.516. The van der Waals surface area contributed by atoms with Gasteiger partial charge < -0.3 is 20.4 Å². The molecular weight excluding hydrogens is 671 g/mol. The Hall–Kier alpha value is -4.62. The minimum absolute atomic E-state index is 0.0280. The van der Waals surface area contributed by atoms with Gasteiger partial charge in [0.2, 0.25) is 27.6 Å². The van der Waals surface area contributed by atoms with Crippen molar-refractivity contribution in [1.29, 1.82) is 0 Å². The molecule has 3 amide bonds. The van der Waals surface area contributed by atoms with E-state index in [0.29, 0.717) is 23.9 Å². The Morgan fingerprint density at radius 3 is 2.35 bits per heavy atom. The van der Waals surface area contributed by atoms with Crippen LogP contribution in [-0.2, 0) is 34.0 Å². The summed E-state index contributed by atoms with van der Waals surface area (Å²) in [5.74, 6) is -2.75. The highest BCUT2D eigenvalue weighted by Gasteiger charge is 2.56. The van der Waals surface area contributed by atoms with Gasteiger partial charge in [-0.05, 0) is 41.7 Å². The van der Waals surface area contributed by atoms with Crippen LogP contribution in [0.5, 0.6) is 0 Å². The van der Waals surface area contributed by atoms with Crippen LogP contribution in [-0.4, -0.2) is 78.8 Å². The molecule has 13 heteroatoms. The molecule has 0 bridgehead atoms. The number of rotatable bonds is 12. The van der Waals surface area contributed by atoms with Crippen LogP contribution >= 0.6 is 0 Å². The lowest BCUT2D eigenvalue weighted by molar-refractivity contribution is -0.144. The summed E-state index contributed by atoms with van der Waals surface area (Å²) in [7, 11) is -4.25. The van der Waals surface area contributed by atoms with E-state index >= 15 is 0 Å². The van der Waals surface area contributed by atoms with Crippen LogP contribution in [0.3, 0.4) is 0 Å². The van der Waals surface area contributed by atoms with E-state index in [1.807, 2.05) is 55.5 Å². The molecular formula is C38H45N5O7S. The quantitative estimate of drug-likeness (QED) is 0.240. The number of oxime groups is 1. The number of carbonyl (C=O) groups is 4. The third-order valence-electron chi connectivity index (χ3n) is 9.70. The Morgan fingerprint density at radius 2 is 1.67 bits per heavy atom. The summed E-state index contributed by atoms with van der Waals surface area (Å²) in [5, 5.41) is 11.1. The van der Waals surface area contributed by atoms with Gasteiger partial charge in [0, 0.05) is 24.3 Å². The van der Waals surface area contributed by atoms with Gasteiger partial charge in [-0.1, -0.05) is 106 Å². The first-order valence-electron chi connectivity index (χ1n) is 17.5. The second-order valence-corrected chi connectivity index (χ2v) is 16.6. The van der Waals surface area contributed by atoms with Gasteiger partial charge in [-0.2, -0.15) is 4.72 Å². The van der Waals surface area contributed by atoms with E-state index < -0.39 is 62.7 Å². The second-order valence-electron chi connectivity index (χ2n) is 14.9. The number of likely N-dealkylation sites (tertiary alicyclic amines) is 1. The van der Waals surface area contributed by atoms with Crippen LogP contribution < -0.4 is 15.4 Å². The number of fused-ring (bicyclic) bond motifs is 1. The second kappa shape index (κ2) is 14.2. The van der Waals surface area contributed by atoms with Gasteiger partial charge in [0.05, 0.1) is 23.2 Å². The predicted molar refractivity (Wildman–Crippen MR) is 192 cm³/mol. The molecule has 0 radical (unpaired) electrons. The zero-order valence-corrected chi connectivity index (χ0v) is 30.2. The smallest absolute Gasteiger partial charge is 0.289 e. The summed E-state index contributed by atoms with van der Waals surface area (Å²) in [6, 6.07) is 17.9. The normalized spacial score (nSPS) is 21.5. The van der Waals surface area contributed by atoms with Crippen LogP contribution in [0, 0.1) is 5.41 Å². The van der Waals surface area contributed by atoms with E-state index in [9.17, 15) is 27.6 Å². The molecule has 270 valence electrons. The van der Waals surface area contributed by atoms with Gasteiger partial charge in [-0.3, -0.25) is 19.2 Å². The summed E-state index contributed by atoms with van der Waals surface area (Å²) in [4.78, 5) is 62.3. The van der Waals surface area contributed by atoms with Crippen molar-refractivity contribution < 1.29 is 32.4 Å².